The lowest BCUT2D eigenvalue weighted by molar-refractivity contribution is 0.101. The number of carbonyl (C=O) groups is 2. The first-order valence-electron chi connectivity index (χ1n) is 7.29. The molecule has 0 radical (unpaired) electrons. The summed E-state index contributed by atoms with van der Waals surface area (Å²) < 4.78 is 11.8. The number of anilines is 1. The van der Waals surface area contributed by atoms with Gasteiger partial charge >= 0.3 is 0 Å². The third-order valence-corrected chi connectivity index (χ3v) is 3.47. The second-order valence-corrected chi connectivity index (χ2v) is 5.06. The number of Topliss-reactive ketones (excluding diaryl/α,β-unsaturated/α-hetero) is 1. The van der Waals surface area contributed by atoms with E-state index in [1.165, 1.54) is 37.8 Å². The Bertz CT molecular complexity index is 933. The number of ketones is 1. The number of carbonyl (C=O) groups excluding carboxylic acids is 2. The SMILES string of the molecule is COc1cc(NC(=O)c2nc3ncccn3n2)c(C(C)=O)cc1OC. The van der Waals surface area contributed by atoms with Gasteiger partial charge in [-0.2, -0.15) is 4.98 Å². The zero-order valence-corrected chi connectivity index (χ0v) is 13.8. The average Bonchev–Trinajstić information content (AvgIpc) is 3.05. The van der Waals surface area contributed by atoms with Crippen molar-refractivity contribution in [3.05, 3.63) is 42.0 Å². The van der Waals surface area contributed by atoms with Gasteiger partial charge in [0.05, 0.1) is 19.9 Å². The fourth-order valence-electron chi connectivity index (χ4n) is 2.28. The molecule has 0 aliphatic heterocycles. The van der Waals surface area contributed by atoms with E-state index >= 15 is 0 Å². The smallest absolute Gasteiger partial charge is 0.295 e. The largest absolute Gasteiger partial charge is 0.493 e. The highest BCUT2D eigenvalue weighted by Gasteiger charge is 2.19. The molecule has 0 fully saturated rings. The summed E-state index contributed by atoms with van der Waals surface area (Å²) in [5.74, 6) is 0.198. The van der Waals surface area contributed by atoms with Crippen LogP contribution in [0.2, 0.25) is 0 Å². The molecule has 1 N–H and O–H groups in total. The molecule has 1 amide bonds. The standard InChI is InChI=1S/C16H15N5O4/c1-9(22)10-7-12(24-2)13(25-3)8-11(10)18-15(23)14-19-16-17-5-4-6-21(16)20-14/h4-8H,1-3H3,(H,18,23). The summed E-state index contributed by atoms with van der Waals surface area (Å²) in [6.45, 7) is 1.39. The molecule has 0 atom stereocenters. The van der Waals surface area contributed by atoms with Gasteiger partial charge in [-0.3, -0.25) is 9.59 Å². The number of ether oxygens (including phenoxy) is 2. The molecule has 3 rings (SSSR count). The number of aromatic nitrogens is 4. The number of amides is 1. The van der Waals surface area contributed by atoms with Gasteiger partial charge in [-0.05, 0) is 19.1 Å². The van der Waals surface area contributed by atoms with Crippen LogP contribution in [0.4, 0.5) is 5.69 Å². The molecule has 0 bridgehead atoms. The first-order valence-corrected chi connectivity index (χ1v) is 7.29. The number of benzene rings is 1. The van der Waals surface area contributed by atoms with E-state index in [1.54, 1.807) is 18.5 Å². The maximum Gasteiger partial charge on any atom is 0.295 e. The van der Waals surface area contributed by atoms with Gasteiger partial charge in [0.2, 0.25) is 5.82 Å². The Morgan fingerprint density at radius 3 is 2.52 bits per heavy atom. The zero-order chi connectivity index (χ0) is 18.0. The molecule has 2 aromatic heterocycles. The highest BCUT2D eigenvalue weighted by Crippen LogP contribution is 2.33. The summed E-state index contributed by atoms with van der Waals surface area (Å²) in [5, 5.41) is 6.68. The highest BCUT2D eigenvalue weighted by atomic mass is 16.5. The average molecular weight is 341 g/mol. The fourth-order valence-corrected chi connectivity index (χ4v) is 2.28. The van der Waals surface area contributed by atoms with Crippen LogP contribution in [0.5, 0.6) is 11.5 Å². The van der Waals surface area contributed by atoms with E-state index in [0.29, 0.717) is 17.3 Å². The van der Waals surface area contributed by atoms with E-state index in [1.807, 2.05) is 0 Å². The number of rotatable bonds is 5. The molecule has 0 aliphatic carbocycles. The second kappa shape index (κ2) is 6.56. The topological polar surface area (TPSA) is 108 Å². The van der Waals surface area contributed by atoms with Gasteiger partial charge in [-0.1, -0.05) is 0 Å². The summed E-state index contributed by atoms with van der Waals surface area (Å²) in [6, 6.07) is 4.70. The molecular weight excluding hydrogens is 326 g/mol. The molecule has 128 valence electrons. The summed E-state index contributed by atoms with van der Waals surface area (Å²) in [7, 11) is 2.93. The van der Waals surface area contributed by atoms with Crippen LogP contribution in [0.25, 0.3) is 5.78 Å². The summed E-state index contributed by atoms with van der Waals surface area (Å²) in [4.78, 5) is 32.4. The van der Waals surface area contributed by atoms with Gasteiger partial charge in [0.15, 0.2) is 17.3 Å². The van der Waals surface area contributed by atoms with Gasteiger partial charge in [0.1, 0.15) is 0 Å². The molecule has 0 saturated heterocycles. The van der Waals surface area contributed by atoms with E-state index in [2.05, 4.69) is 20.4 Å². The Morgan fingerprint density at radius 2 is 1.88 bits per heavy atom. The Labute approximate surface area is 142 Å². The third-order valence-electron chi connectivity index (χ3n) is 3.47. The van der Waals surface area contributed by atoms with Gasteiger partial charge in [0, 0.05) is 24.0 Å². The summed E-state index contributed by atoms with van der Waals surface area (Å²) in [5.41, 5.74) is 0.565. The van der Waals surface area contributed by atoms with Gasteiger partial charge in [-0.25, -0.2) is 9.50 Å². The molecule has 0 saturated carbocycles. The molecule has 2 heterocycles. The van der Waals surface area contributed by atoms with Crippen molar-refractivity contribution in [1.82, 2.24) is 19.6 Å². The van der Waals surface area contributed by atoms with Crippen molar-refractivity contribution < 1.29 is 19.1 Å². The Morgan fingerprint density at radius 1 is 1.16 bits per heavy atom. The van der Waals surface area contributed by atoms with Gasteiger partial charge in [-0.15, -0.1) is 5.10 Å². The maximum absolute atomic E-state index is 12.5. The summed E-state index contributed by atoms with van der Waals surface area (Å²) in [6.07, 6.45) is 3.18. The van der Waals surface area contributed by atoms with Crippen molar-refractivity contribution in [3.63, 3.8) is 0 Å². The molecule has 0 unspecified atom stereocenters. The number of nitrogens with zero attached hydrogens (tertiary/aromatic N) is 4. The predicted octanol–water partition coefficient (Wildman–Crippen LogP) is 1.60. The van der Waals surface area contributed by atoms with Crippen LogP contribution in [-0.4, -0.2) is 45.5 Å². The van der Waals surface area contributed by atoms with Crippen molar-refractivity contribution in [2.24, 2.45) is 0 Å². The molecule has 9 nitrogen and oxygen atoms in total. The normalized spacial score (nSPS) is 10.5. The highest BCUT2D eigenvalue weighted by molar-refractivity contribution is 6.08. The summed E-state index contributed by atoms with van der Waals surface area (Å²) >= 11 is 0. The Balaban J connectivity index is 1.98. The monoisotopic (exact) mass is 341 g/mol. The van der Waals surface area contributed by atoms with Crippen LogP contribution in [0.1, 0.15) is 27.9 Å². The molecular formula is C16H15N5O4. The third kappa shape index (κ3) is 3.11. The number of methoxy groups -OCH3 is 2. The fraction of sp³-hybridized carbons (Fsp3) is 0.188. The first-order chi connectivity index (χ1) is 12.0. The van der Waals surface area contributed by atoms with Crippen LogP contribution in [0, 0.1) is 0 Å². The van der Waals surface area contributed by atoms with Gasteiger partial charge < -0.3 is 14.8 Å². The minimum Gasteiger partial charge on any atom is -0.493 e. The lowest BCUT2D eigenvalue weighted by Crippen LogP contribution is -2.16. The van der Waals surface area contributed by atoms with E-state index in [9.17, 15) is 9.59 Å². The minimum atomic E-state index is -0.569. The van der Waals surface area contributed by atoms with E-state index in [4.69, 9.17) is 9.47 Å². The molecule has 9 heteroatoms. The van der Waals surface area contributed by atoms with E-state index < -0.39 is 5.91 Å². The molecule has 0 spiro atoms. The minimum absolute atomic E-state index is 0.0667. The van der Waals surface area contributed by atoms with Crippen molar-refractivity contribution >= 4 is 23.2 Å². The van der Waals surface area contributed by atoms with Crippen LogP contribution in [0.3, 0.4) is 0 Å². The van der Waals surface area contributed by atoms with Crippen molar-refractivity contribution in [1.29, 1.82) is 0 Å². The van der Waals surface area contributed by atoms with Crippen LogP contribution in [0.15, 0.2) is 30.6 Å². The molecule has 25 heavy (non-hydrogen) atoms. The zero-order valence-electron chi connectivity index (χ0n) is 13.8. The van der Waals surface area contributed by atoms with Crippen molar-refractivity contribution in [3.8, 4) is 11.5 Å². The number of hydrogen-bond donors (Lipinski definition) is 1. The number of fused-ring (bicyclic) bond motifs is 1. The van der Waals surface area contributed by atoms with E-state index in [-0.39, 0.29) is 22.9 Å². The van der Waals surface area contributed by atoms with Crippen LogP contribution in [-0.2, 0) is 0 Å². The van der Waals surface area contributed by atoms with Crippen molar-refractivity contribution in [2.45, 2.75) is 6.92 Å². The van der Waals surface area contributed by atoms with E-state index in [0.717, 1.165) is 0 Å². The van der Waals surface area contributed by atoms with Crippen LogP contribution >= 0.6 is 0 Å². The number of hydrogen-bond acceptors (Lipinski definition) is 7. The quantitative estimate of drug-likeness (QED) is 0.702. The second-order valence-electron chi connectivity index (χ2n) is 5.06. The Kier molecular flexibility index (Phi) is 4.29. The molecule has 3 aromatic rings. The first kappa shape index (κ1) is 16.4. The Hall–Kier alpha value is -3.49. The molecule has 0 aliphatic rings. The lowest BCUT2D eigenvalue weighted by atomic mass is 10.1. The maximum atomic E-state index is 12.5. The predicted molar refractivity (Wildman–Crippen MR) is 88.3 cm³/mol. The lowest BCUT2D eigenvalue weighted by Gasteiger charge is -2.13. The molecule has 1 aromatic carbocycles. The van der Waals surface area contributed by atoms with Crippen molar-refractivity contribution in [2.75, 3.05) is 19.5 Å². The van der Waals surface area contributed by atoms with Gasteiger partial charge in [0.25, 0.3) is 11.7 Å². The number of nitrogens with one attached hydrogen (secondary N) is 1. The van der Waals surface area contributed by atoms with Crippen LogP contribution < -0.4 is 14.8 Å².